The monoisotopic (exact) mass is 422 g/mol. The average molecular weight is 424 g/mol. The summed E-state index contributed by atoms with van der Waals surface area (Å²) in [5.74, 6) is 2.46. The van der Waals surface area contributed by atoms with Gasteiger partial charge in [-0.15, -0.1) is 17.2 Å². The quantitative estimate of drug-likeness (QED) is 0.460. The molecule has 0 aliphatic rings. The van der Waals surface area contributed by atoms with E-state index >= 15 is 0 Å². The third kappa shape index (κ3) is 5.16. The van der Waals surface area contributed by atoms with Gasteiger partial charge in [-0.2, -0.15) is 0 Å². The second-order valence-electron chi connectivity index (χ2n) is 5.30. The molecule has 0 atom stereocenters. The van der Waals surface area contributed by atoms with Gasteiger partial charge in [-0.1, -0.05) is 47.5 Å². The number of ether oxygens (including phenoxy) is 3. The molecular weight excluding hydrogens is 404 g/mol. The van der Waals surface area contributed by atoms with E-state index in [0.717, 1.165) is 39.5 Å². The molecule has 0 amide bonds. The summed E-state index contributed by atoms with van der Waals surface area (Å²) < 4.78 is 15.9. The Morgan fingerprint density at radius 2 is 0.923 bits per heavy atom. The van der Waals surface area contributed by atoms with Crippen molar-refractivity contribution >= 4 is 23.1 Å². The minimum Gasteiger partial charge on any atom is -1.00 e. The minimum atomic E-state index is 0. The molecule has 0 saturated heterocycles. The summed E-state index contributed by atoms with van der Waals surface area (Å²) in [6.45, 7) is 0. The van der Waals surface area contributed by atoms with Gasteiger partial charge in [-0.05, 0) is 24.3 Å². The normalized spacial score (nSPS) is 9.50. The van der Waals surface area contributed by atoms with E-state index in [0.29, 0.717) is 0 Å². The summed E-state index contributed by atoms with van der Waals surface area (Å²) in [4.78, 5) is 0. The van der Waals surface area contributed by atoms with E-state index in [4.69, 9.17) is 14.2 Å². The van der Waals surface area contributed by atoms with Gasteiger partial charge in [-0.25, -0.2) is 0 Å². The predicted octanol–water partition coefficient (Wildman–Crippen LogP) is 1.47. The van der Waals surface area contributed by atoms with E-state index in [1.54, 1.807) is 21.3 Å². The fourth-order valence-electron chi connectivity index (χ4n) is 2.51. The van der Waals surface area contributed by atoms with Gasteiger partial charge in [-0.3, -0.25) is 0 Å². The molecule has 3 rings (SSSR count). The smallest absolute Gasteiger partial charge is 1.00 e. The molecular formula is C21H19BrMgO3. The van der Waals surface area contributed by atoms with Gasteiger partial charge in [0.1, 0.15) is 11.5 Å². The number of methoxy groups -OCH3 is 3. The molecule has 0 unspecified atom stereocenters. The summed E-state index contributed by atoms with van der Waals surface area (Å²) in [5.41, 5.74) is 4.07. The molecule has 3 aromatic rings. The molecule has 3 nitrogen and oxygen atoms in total. The molecule has 0 radical (unpaired) electrons. The Bertz CT molecular complexity index is 752. The van der Waals surface area contributed by atoms with Crippen molar-refractivity contribution in [1.82, 2.24) is 0 Å². The molecule has 0 N–H and O–H groups in total. The molecule has 130 valence electrons. The van der Waals surface area contributed by atoms with Crippen molar-refractivity contribution in [1.29, 1.82) is 0 Å². The van der Waals surface area contributed by atoms with Crippen LogP contribution in [0, 0.1) is 6.07 Å². The summed E-state index contributed by atoms with van der Waals surface area (Å²) in [6.07, 6.45) is 0. The molecule has 0 aromatic heterocycles. The van der Waals surface area contributed by atoms with Crippen LogP contribution in [0.4, 0.5) is 0 Å². The van der Waals surface area contributed by atoms with Crippen LogP contribution in [-0.2, 0) is 0 Å². The van der Waals surface area contributed by atoms with Gasteiger partial charge >= 0.3 is 23.1 Å². The zero-order chi connectivity index (χ0) is 16.9. The maximum absolute atomic E-state index is 5.46. The number of halogens is 1. The van der Waals surface area contributed by atoms with Crippen LogP contribution in [0.5, 0.6) is 17.2 Å². The van der Waals surface area contributed by atoms with Crippen LogP contribution in [0.25, 0.3) is 22.3 Å². The second kappa shape index (κ2) is 10.5. The molecule has 0 fully saturated rings. The van der Waals surface area contributed by atoms with Crippen LogP contribution in [0.1, 0.15) is 0 Å². The van der Waals surface area contributed by atoms with Crippen molar-refractivity contribution in [2.45, 2.75) is 0 Å². The van der Waals surface area contributed by atoms with Crippen LogP contribution in [-0.4, -0.2) is 44.4 Å². The summed E-state index contributed by atoms with van der Waals surface area (Å²) in [7, 11) is 4.99. The van der Waals surface area contributed by atoms with Crippen LogP contribution >= 0.6 is 0 Å². The number of hydrogen-bond donors (Lipinski definition) is 0. The summed E-state index contributed by atoms with van der Waals surface area (Å²) in [5, 5.41) is 0. The van der Waals surface area contributed by atoms with E-state index in [2.05, 4.69) is 6.07 Å². The number of hydrogen-bond acceptors (Lipinski definition) is 3. The van der Waals surface area contributed by atoms with Crippen molar-refractivity contribution in [3.63, 3.8) is 0 Å². The van der Waals surface area contributed by atoms with E-state index in [1.807, 2.05) is 60.7 Å². The van der Waals surface area contributed by atoms with E-state index < -0.39 is 0 Å². The number of benzene rings is 3. The Hall–Kier alpha value is -1.69. The predicted molar refractivity (Wildman–Crippen MR) is 102 cm³/mol. The van der Waals surface area contributed by atoms with Crippen LogP contribution in [0.2, 0.25) is 0 Å². The molecule has 3 aromatic carbocycles. The van der Waals surface area contributed by atoms with Gasteiger partial charge in [0.2, 0.25) is 0 Å². The first-order valence-corrected chi connectivity index (χ1v) is 7.63. The summed E-state index contributed by atoms with van der Waals surface area (Å²) >= 11 is 0. The minimum absolute atomic E-state index is 0. The Labute approximate surface area is 181 Å². The Morgan fingerprint density at radius 1 is 0.577 bits per heavy atom. The molecule has 0 aliphatic heterocycles. The summed E-state index contributed by atoms with van der Waals surface area (Å²) in [6, 6.07) is 23.3. The van der Waals surface area contributed by atoms with Gasteiger partial charge in [0.15, 0.2) is 0 Å². The molecule has 0 aliphatic carbocycles. The van der Waals surface area contributed by atoms with Crippen LogP contribution in [0.3, 0.4) is 0 Å². The van der Waals surface area contributed by atoms with Crippen molar-refractivity contribution in [3.8, 4) is 39.5 Å². The molecule has 26 heavy (non-hydrogen) atoms. The van der Waals surface area contributed by atoms with Crippen molar-refractivity contribution in [2.75, 3.05) is 21.3 Å². The Morgan fingerprint density at radius 3 is 1.23 bits per heavy atom. The Balaban J connectivity index is 0.00000169. The van der Waals surface area contributed by atoms with Gasteiger partial charge in [0.25, 0.3) is 0 Å². The molecule has 0 saturated carbocycles. The van der Waals surface area contributed by atoms with Crippen LogP contribution in [0.15, 0.2) is 60.7 Å². The van der Waals surface area contributed by atoms with Gasteiger partial charge in [0.05, 0.1) is 27.1 Å². The molecule has 0 spiro atoms. The van der Waals surface area contributed by atoms with E-state index in [9.17, 15) is 0 Å². The Kier molecular flexibility index (Phi) is 8.99. The van der Waals surface area contributed by atoms with Crippen molar-refractivity contribution < 1.29 is 31.2 Å². The van der Waals surface area contributed by atoms with Gasteiger partial charge in [0, 0.05) is 0 Å². The zero-order valence-corrected chi connectivity index (χ0v) is 18.1. The zero-order valence-electron chi connectivity index (χ0n) is 15.1. The third-order valence-electron chi connectivity index (χ3n) is 3.88. The van der Waals surface area contributed by atoms with Crippen molar-refractivity contribution in [2.24, 2.45) is 0 Å². The van der Waals surface area contributed by atoms with Gasteiger partial charge < -0.3 is 31.2 Å². The van der Waals surface area contributed by atoms with Crippen molar-refractivity contribution in [3.05, 3.63) is 66.7 Å². The van der Waals surface area contributed by atoms with E-state index in [1.165, 1.54) is 0 Å². The van der Waals surface area contributed by atoms with Crippen LogP contribution < -0.4 is 31.2 Å². The molecule has 0 bridgehead atoms. The fraction of sp³-hybridized carbons (Fsp3) is 0.143. The number of rotatable bonds is 5. The SMILES string of the molecule is COc1ccc(-c2[c-]c(-c3ccc(OC)cc3)cc(OC)c2)cc1.[Br-].[Mg+2]. The van der Waals surface area contributed by atoms with E-state index in [-0.39, 0.29) is 40.0 Å². The first kappa shape index (κ1) is 22.3. The maximum atomic E-state index is 5.46. The average Bonchev–Trinajstić information content (AvgIpc) is 2.67. The first-order chi connectivity index (χ1) is 11.7. The maximum Gasteiger partial charge on any atom is 2.00 e. The fourth-order valence-corrected chi connectivity index (χ4v) is 2.51. The largest absolute Gasteiger partial charge is 2.00 e. The third-order valence-corrected chi connectivity index (χ3v) is 3.88. The second-order valence-corrected chi connectivity index (χ2v) is 5.30. The topological polar surface area (TPSA) is 27.7 Å². The standard InChI is InChI=1S/C21H19O3.BrH.Mg/c1-22-19-8-4-15(5-9-19)17-12-18(14-21(13-17)24-3)16-6-10-20(23-2)11-7-16;;/h4-11,13-14H,1-3H3;1H;/q-1;;+2/p-1. The molecule has 5 heteroatoms. The first-order valence-electron chi connectivity index (χ1n) is 7.63. The molecule has 0 heterocycles.